The van der Waals surface area contributed by atoms with Crippen LogP contribution in [0, 0.1) is 0 Å². The van der Waals surface area contributed by atoms with E-state index in [4.69, 9.17) is 9.47 Å². The van der Waals surface area contributed by atoms with E-state index in [-0.39, 0.29) is 11.8 Å². The molecule has 1 amide bonds. The summed E-state index contributed by atoms with van der Waals surface area (Å²) in [5, 5.41) is 9.58. The summed E-state index contributed by atoms with van der Waals surface area (Å²) in [7, 11) is 3.39. The molecule has 7 nitrogen and oxygen atoms in total. The van der Waals surface area contributed by atoms with Gasteiger partial charge < -0.3 is 25.4 Å². The van der Waals surface area contributed by atoms with Gasteiger partial charge in [-0.25, -0.2) is 0 Å². The van der Waals surface area contributed by atoms with E-state index in [1.165, 1.54) is 0 Å². The molecule has 0 saturated carbocycles. The normalized spacial score (nSPS) is 16.0. The van der Waals surface area contributed by atoms with Gasteiger partial charge in [-0.15, -0.1) is 0 Å². The Morgan fingerprint density at radius 3 is 2.86 bits per heavy atom. The Hall–Kier alpha value is -3.06. The Labute approximate surface area is 171 Å². The van der Waals surface area contributed by atoms with E-state index in [1.807, 2.05) is 42.5 Å². The van der Waals surface area contributed by atoms with E-state index in [2.05, 4.69) is 27.0 Å². The number of nitrogens with one attached hydrogen (secondary N) is 3. The lowest BCUT2D eigenvalue weighted by Gasteiger charge is -2.26. The Bertz CT molecular complexity index is 853. The van der Waals surface area contributed by atoms with Crippen molar-refractivity contribution in [3.63, 3.8) is 0 Å². The fraction of sp³-hybridized carbons (Fsp3) is 0.364. The molecule has 3 rings (SSSR count). The maximum absolute atomic E-state index is 12.0. The highest BCUT2D eigenvalue weighted by atomic mass is 16.5. The Morgan fingerprint density at radius 2 is 2.03 bits per heavy atom. The number of methoxy groups -OCH3 is 1. The van der Waals surface area contributed by atoms with Crippen LogP contribution in [0.15, 0.2) is 53.5 Å². The minimum Gasteiger partial charge on any atom is -0.491 e. The van der Waals surface area contributed by atoms with Gasteiger partial charge in [0.1, 0.15) is 12.4 Å². The fourth-order valence-electron chi connectivity index (χ4n) is 3.30. The molecule has 3 N–H and O–H groups in total. The third kappa shape index (κ3) is 5.96. The van der Waals surface area contributed by atoms with Crippen molar-refractivity contribution in [1.29, 1.82) is 0 Å². The summed E-state index contributed by atoms with van der Waals surface area (Å²) in [6.45, 7) is 2.32. The first kappa shape index (κ1) is 20.7. The maximum atomic E-state index is 12.0. The predicted molar refractivity (Wildman–Crippen MR) is 114 cm³/mol. The highest BCUT2D eigenvalue weighted by molar-refractivity contribution is 5.94. The Balaban J connectivity index is 1.53. The van der Waals surface area contributed by atoms with Crippen LogP contribution in [0.25, 0.3) is 0 Å². The first-order valence-corrected chi connectivity index (χ1v) is 9.73. The number of fused-ring (bicyclic) bond motifs is 1. The highest BCUT2D eigenvalue weighted by Crippen LogP contribution is 2.31. The van der Waals surface area contributed by atoms with Gasteiger partial charge in [0.05, 0.1) is 6.61 Å². The predicted octanol–water partition coefficient (Wildman–Crippen LogP) is 2.50. The van der Waals surface area contributed by atoms with Crippen LogP contribution in [0.4, 0.5) is 5.69 Å². The number of carbonyl (C=O) groups is 1. The average Bonchev–Trinajstić information content (AvgIpc) is 2.74. The summed E-state index contributed by atoms with van der Waals surface area (Å²) in [5.74, 6) is 1.66. The third-order valence-electron chi connectivity index (χ3n) is 4.76. The van der Waals surface area contributed by atoms with Gasteiger partial charge >= 0.3 is 0 Å². The number of amides is 1. The molecule has 0 aromatic heterocycles. The summed E-state index contributed by atoms with van der Waals surface area (Å²) >= 11 is 0. The lowest BCUT2D eigenvalue weighted by Crippen LogP contribution is -2.40. The second kappa shape index (κ2) is 10.5. The summed E-state index contributed by atoms with van der Waals surface area (Å²) in [5.41, 5.74) is 3.13. The second-order valence-electron chi connectivity index (χ2n) is 6.83. The van der Waals surface area contributed by atoms with Gasteiger partial charge in [0.2, 0.25) is 5.91 Å². The largest absolute Gasteiger partial charge is 0.491 e. The first-order chi connectivity index (χ1) is 14.2. The molecular formula is C22H28N4O3. The standard InChI is InChI=1S/C22H28N4O3/c1-23-22(24-14-16-6-5-7-18(12-16)29-11-10-28-2)25-15-17-13-21(27)26-20-9-4-3-8-19(17)20/h3-9,12,17H,10-11,13-15H2,1-2H3,(H,26,27)(H2,23,24,25). The lowest BCUT2D eigenvalue weighted by molar-refractivity contribution is -0.116. The van der Waals surface area contributed by atoms with Crippen LogP contribution in [0.1, 0.15) is 23.5 Å². The summed E-state index contributed by atoms with van der Waals surface area (Å²) in [6.07, 6.45) is 0.460. The number of guanidine groups is 1. The van der Waals surface area contributed by atoms with Crippen molar-refractivity contribution < 1.29 is 14.3 Å². The molecule has 1 atom stereocenters. The molecule has 0 radical (unpaired) electrons. The third-order valence-corrected chi connectivity index (χ3v) is 4.76. The van der Waals surface area contributed by atoms with E-state index in [9.17, 15) is 4.79 Å². The van der Waals surface area contributed by atoms with Gasteiger partial charge in [0.25, 0.3) is 0 Å². The Kier molecular flexibility index (Phi) is 7.47. The molecule has 1 aliphatic rings. The van der Waals surface area contributed by atoms with Crippen molar-refractivity contribution in [3.8, 4) is 5.75 Å². The molecule has 0 spiro atoms. The number of ether oxygens (including phenoxy) is 2. The number of hydrogen-bond acceptors (Lipinski definition) is 4. The van der Waals surface area contributed by atoms with E-state index >= 15 is 0 Å². The number of carbonyl (C=O) groups excluding carboxylic acids is 1. The van der Waals surface area contributed by atoms with Crippen LogP contribution >= 0.6 is 0 Å². The SMILES string of the molecule is CN=C(NCc1cccc(OCCOC)c1)NCC1CC(=O)Nc2ccccc21. The average molecular weight is 396 g/mol. The lowest BCUT2D eigenvalue weighted by atomic mass is 9.90. The monoisotopic (exact) mass is 396 g/mol. The van der Waals surface area contributed by atoms with Gasteiger partial charge in [-0.05, 0) is 29.3 Å². The molecule has 1 heterocycles. The van der Waals surface area contributed by atoms with Crippen LogP contribution in [-0.2, 0) is 16.1 Å². The minimum atomic E-state index is 0.0451. The second-order valence-corrected chi connectivity index (χ2v) is 6.83. The van der Waals surface area contributed by atoms with Crippen molar-refractivity contribution in [2.45, 2.75) is 18.9 Å². The molecular weight excluding hydrogens is 368 g/mol. The molecule has 2 aromatic carbocycles. The number of nitrogens with zero attached hydrogens (tertiary/aromatic N) is 1. The zero-order valence-corrected chi connectivity index (χ0v) is 16.9. The minimum absolute atomic E-state index is 0.0451. The molecule has 0 bridgehead atoms. The van der Waals surface area contributed by atoms with Crippen molar-refractivity contribution in [2.24, 2.45) is 4.99 Å². The first-order valence-electron chi connectivity index (χ1n) is 9.73. The number of anilines is 1. The van der Waals surface area contributed by atoms with E-state index in [1.54, 1.807) is 14.2 Å². The van der Waals surface area contributed by atoms with Crippen LogP contribution in [0.2, 0.25) is 0 Å². The van der Waals surface area contributed by atoms with Crippen LogP contribution < -0.4 is 20.7 Å². The molecule has 1 aliphatic heterocycles. The number of hydrogen-bond donors (Lipinski definition) is 3. The molecule has 29 heavy (non-hydrogen) atoms. The Morgan fingerprint density at radius 1 is 1.17 bits per heavy atom. The summed E-state index contributed by atoms with van der Waals surface area (Å²) in [4.78, 5) is 16.3. The van der Waals surface area contributed by atoms with Crippen molar-refractivity contribution >= 4 is 17.6 Å². The molecule has 7 heteroatoms. The summed E-state index contributed by atoms with van der Waals surface area (Å²) in [6, 6.07) is 15.9. The molecule has 2 aromatic rings. The van der Waals surface area contributed by atoms with Crippen LogP contribution in [-0.4, -0.2) is 45.8 Å². The maximum Gasteiger partial charge on any atom is 0.225 e. The number of aliphatic imine (C=N–C) groups is 1. The van der Waals surface area contributed by atoms with Gasteiger partial charge in [-0.2, -0.15) is 0 Å². The van der Waals surface area contributed by atoms with Crippen molar-refractivity contribution in [1.82, 2.24) is 10.6 Å². The van der Waals surface area contributed by atoms with E-state index in [0.717, 1.165) is 22.6 Å². The molecule has 154 valence electrons. The van der Waals surface area contributed by atoms with E-state index in [0.29, 0.717) is 38.7 Å². The van der Waals surface area contributed by atoms with Crippen LogP contribution in [0.5, 0.6) is 5.75 Å². The number of rotatable bonds is 8. The van der Waals surface area contributed by atoms with Gasteiger partial charge in [0.15, 0.2) is 5.96 Å². The topological polar surface area (TPSA) is 84.0 Å². The van der Waals surface area contributed by atoms with E-state index < -0.39 is 0 Å². The molecule has 1 unspecified atom stereocenters. The molecule has 0 fully saturated rings. The smallest absolute Gasteiger partial charge is 0.225 e. The number of para-hydroxylation sites is 1. The molecule has 0 aliphatic carbocycles. The zero-order valence-electron chi connectivity index (χ0n) is 16.9. The van der Waals surface area contributed by atoms with Crippen molar-refractivity contribution in [3.05, 3.63) is 59.7 Å². The molecule has 0 saturated heterocycles. The summed E-state index contributed by atoms with van der Waals surface area (Å²) < 4.78 is 10.7. The highest BCUT2D eigenvalue weighted by Gasteiger charge is 2.24. The van der Waals surface area contributed by atoms with Gasteiger partial charge in [-0.1, -0.05) is 30.3 Å². The quantitative estimate of drug-likeness (QED) is 0.363. The zero-order chi connectivity index (χ0) is 20.5. The number of benzene rings is 2. The van der Waals surface area contributed by atoms with Crippen LogP contribution in [0.3, 0.4) is 0 Å². The van der Waals surface area contributed by atoms with Gasteiger partial charge in [0, 0.05) is 45.3 Å². The van der Waals surface area contributed by atoms with Gasteiger partial charge in [-0.3, -0.25) is 9.79 Å². The fourth-order valence-corrected chi connectivity index (χ4v) is 3.30. The van der Waals surface area contributed by atoms with Crippen molar-refractivity contribution in [2.75, 3.05) is 39.2 Å².